The van der Waals surface area contributed by atoms with E-state index in [2.05, 4.69) is 20.7 Å². The van der Waals surface area contributed by atoms with E-state index in [-0.39, 0.29) is 11.5 Å². The first-order valence-corrected chi connectivity index (χ1v) is 8.96. The van der Waals surface area contributed by atoms with E-state index in [1.54, 1.807) is 12.1 Å². The Morgan fingerprint density at radius 2 is 1.75 bits per heavy atom. The summed E-state index contributed by atoms with van der Waals surface area (Å²) < 4.78 is 40.4. The van der Waals surface area contributed by atoms with Crippen LogP contribution in [0.15, 0.2) is 65.1 Å². The molecule has 0 saturated carbocycles. The monoisotopic (exact) mass is 448 g/mol. The summed E-state index contributed by atoms with van der Waals surface area (Å²) in [7, 11) is 1.34. The molecule has 0 spiro atoms. The highest BCUT2D eigenvalue weighted by atomic mass is 79.9. The van der Waals surface area contributed by atoms with Crippen LogP contribution in [0.2, 0.25) is 0 Å². The number of alkyl halides is 2. The summed E-state index contributed by atoms with van der Waals surface area (Å²) in [6.07, 6.45) is 2.74. The summed E-state index contributed by atoms with van der Waals surface area (Å²) in [5.41, 5.74) is 0.568. The van der Waals surface area contributed by atoms with Crippen LogP contribution in [-0.4, -0.2) is 19.7 Å². The Kier molecular flexibility index (Phi) is 6.26. The minimum Gasteiger partial charge on any atom is -0.493 e. The maximum absolute atomic E-state index is 12.4. The lowest BCUT2D eigenvalue weighted by Gasteiger charge is -2.10. The summed E-state index contributed by atoms with van der Waals surface area (Å²) in [6, 6.07) is 15.5. The Labute approximate surface area is 168 Å². The summed E-state index contributed by atoms with van der Waals surface area (Å²) in [4.78, 5) is 12.1. The van der Waals surface area contributed by atoms with Crippen LogP contribution in [0.25, 0.3) is 16.8 Å². The summed E-state index contributed by atoms with van der Waals surface area (Å²) >= 11 is 3.41. The molecule has 0 N–H and O–H groups in total. The van der Waals surface area contributed by atoms with Gasteiger partial charge < -0.3 is 14.2 Å². The van der Waals surface area contributed by atoms with Gasteiger partial charge in [0.1, 0.15) is 5.75 Å². The summed E-state index contributed by atoms with van der Waals surface area (Å²) in [5.74, 6) is -0.0948. The van der Waals surface area contributed by atoms with Gasteiger partial charge in [-0.15, -0.1) is 0 Å². The molecule has 0 bridgehead atoms. The number of carbonyl (C=O) groups excluding carboxylic acids is 1. The second-order valence-corrected chi connectivity index (χ2v) is 6.61. The molecule has 3 aromatic carbocycles. The Morgan fingerprint density at radius 1 is 1.00 bits per heavy atom. The first-order valence-electron chi connectivity index (χ1n) is 8.16. The average molecular weight is 449 g/mol. The zero-order chi connectivity index (χ0) is 20.1. The molecule has 0 aliphatic heterocycles. The number of carbonyl (C=O) groups is 1. The third kappa shape index (κ3) is 5.07. The van der Waals surface area contributed by atoms with Crippen LogP contribution in [0.3, 0.4) is 0 Å². The quantitative estimate of drug-likeness (QED) is 0.270. The molecule has 0 fully saturated rings. The number of benzene rings is 3. The van der Waals surface area contributed by atoms with Crippen molar-refractivity contribution in [2.24, 2.45) is 0 Å². The smallest absolute Gasteiger partial charge is 0.387 e. The Balaban J connectivity index is 1.70. The van der Waals surface area contributed by atoms with Gasteiger partial charge in [0, 0.05) is 10.5 Å². The lowest BCUT2D eigenvalue weighted by molar-refractivity contribution is -0.128. The molecule has 4 nitrogen and oxygen atoms in total. The van der Waals surface area contributed by atoms with Crippen molar-refractivity contribution in [3.63, 3.8) is 0 Å². The van der Waals surface area contributed by atoms with Crippen LogP contribution in [0.4, 0.5) is 8.78 Å². The van der Waals surface area contributed by atoms with E-state index < -0.39 is 12.6 Å². The van der Waals surface area contributed by atoms with E-state index >= 15 is 0 Å². The molecule has 28 heavy (non-hydrogen) atoms. The minimum atomic E-state index is -2.95. The third-order valence-corrected chi connectivity index (χ3v) is 4.30. The van der Waals surface area contributed by atoms with Crippen molar-refractivity contribution in [1.82, 2.24) is 0 Å². The first kappa shape index (κ1) is 19.8. The molecule has 3 aromatic rings. The number of hydrogen-bond donors (Lipinski definition) is 0. The van der Waals surface area contributed by atoms with E-state index in [0.29, 0.717) is 11.3 Å². The Bertz CT molecular complexity index is 1030. The van der Waals surface area contributed by atoms with Crippen molar-refractivity contribution in [1.29, 1.82) is 0 Å². The molecule has 0 aliphatic carbocycles. The summed E-state index contributed by atoms with van der Waals surface area (Å²) in [5, 5.41) is 1.96. The lowest BCUT2D eigenvalue weighted by atomic mass is 10.1. The molecule has 0 atom stereocenters. The van der Waals surface area contributed by atoms with E-state index in [0.717, 1.165) is 15.2 Å². The summed E-state index contributed by atoms with van der Waals surface area (Å²) in [6.45, 7) is -2.95. The van der Waals surface area contributed by atoms with Crippen LogP contribution < -0.4 is 14.2 Å². The SMILES string of the molecule is COc1cc(C=CC(=O)Oc2ccc3cc(Br)ccc3c2)ccc1OC(F)F. The van der Waals surface area contributed by atoms with Gasteiger partial charge in [-0.3, -0.25) is 0 Å². The minimum absolute atomic E-state index is 0.0833. The van der Waals surface area contributed by atoms with Gasteiger partial charge >= 0.3 is 12.6 Å². The lowest BCUT2D eigenvalue weighted by Crippen LogP contribution is -2.04. The predicted octanol–water partition coefficient (Wildman–Crippen LogP) is 5.83. The Hall–Kier alpha value is -2.93. The molecule has 144 valence electrons. The normalized spacial score (nSPS) is 11.2. The molecule has 0 heterocycles. The van der Waals surface area contributed by atoms with Crippen molar-refractivity contribution >= 4 is 38.7 Å². The molecule has 0 aliphatic rings. The molecular formula is C21H15BrF2O4. The maximum atomic E-state index is 12.4. The fourth-order valence-corrected chi connectivity index (χ4v) is 2.93. The average Bonchev–Trinajstić information content (AvgIpc) is 2.67. The highest BCUT2D eigenvalue weighted by Gasteiger charge is 2.10. The molecular weight excluding hydrogens is 434 g/mol. The molecule has 3 rings (SSSR count). The number of halogens is 3. The van der Waals surface area contributed by atoms with Gasteiger partial charge in [-0.2, -0.15) is 8.78 Å². The van der Waals surface area contributed by atoms with Gasteiger partial charge in [0.15, 0.2) is 11.5 Å². The van der Waals surface area contributed by atoms with Crippen LogP contribution in [-0.2, 0) is 4.79 Å². The maximum Gasteiger partial charge on any atom is 0.387 e. The zero-order valence-corrected chi connectivity index (χ0v) is 16.3. The number of hydrogen-bond acceptors (Lipinski definition) is 4. The van der Waals surface area contributed by atoms with E-state index in [9.17, 15) is 13.6 Å². The number of ether oxygens (including phenoxy) is 3. The molecule has 0 aromatic heterocycles. The van der Waals surface area contributed by atoms with E-state index in [1.807, 2.05) is 24.3 Å². The predicted molar refractivity (Wildman–Crippen MR) is 106 cm³/mol. The fraction of sp³-hybridized carbons (Fsp3) is 0.0952. The fourth-order valence-electron chi connectivity index (χ4n) is 2.55. The number of fused-ring (bicyclic) bond motifs is 1. The van der Waals surface area contributed by atoms with Crippen LogP contribution in [0.5, 0.6) is 17.2 Å². The molecule has 0 amide bonds. The van der Waals surface area contributed by atoms with Gasteiger partial charge in [0.2, 0.25) is 0 Å². The number of methoxy groups -OCH3 is 1. The topological polar surface area (TPSA) is 44.8 Å². The van der Waals surface area contributed by atoms with Crippen molar-refractivity contribution in [2.45, 2.75) is 6.61 Å². The Morgan fingerprint density at radius 3 is 2.50 bits per heavy atom. The zero-order valence-electron chi connectivity index (χ0n) is 14.7. The molecule has 0 radical (unpaired) electrons. The van der Waals surface area contributed by atoms with Gasteiger partial charge in [0.05, 0.1) is 7.11 Å². The highest BCUT2D eigenvalue weighted by Crippen LogP contribution is 2.30. The van der Waals surface area contributed by atoms with Gasteiger partial charge in [0.25, 0.3) is 0 Å². The highest BCUT2D eigenvalue weighted by molar-refractivity contribution is 9.10. The van der Waals surface area contributed by atoms with Gasteiger partial charge in [-0.1, -0.05) is 34.1 Å². The largest absolute Gasteiger partial charge is 0.493 e. The van der Waals surface area contributed by atoms with Gasteiger partial charge in [-0.05, 0) is 58.8 Å². The third-order valence-electron chi connectivity index (χ3n) is 3.81. The van der Waals surface area contributed by atoms with Crippen LogP contribution in [0, 0.1) is 0 Å². The van der Waals surface area contributed by atoms with Crippen molar-refractivity contribution in [2.75, 3.05) is 7.11 Å². The van der Waals surface area contributed by atoms with E-state index in [4.69, 9.17) is 9.47 Å². The number of esters is 1. The van der Waals surface area contributed by atoms with E-state index in [1.165, 1.54) is 37.5 Å². The number of rotatable bonds is 6. The van der Waals surface area contributed by atoms with Gasteiger partial charge in [-0.25, -0.2) is 4.79 Å². The van der Waals surface area contributed by atoms with Crippen LogP contribution >= 0.6 is 15.9 Å². The standard InChI is InChI=1S/C21H15BrF2O4/c1-26-19-10-13(2-8-18(19)28-21(23)24)3-9-20(25)27-17-7-5-14-11-16(22)6-4-15(14)12-17/h2-12,21H,1H3. The first-order chi connectivity index (χ1) is 13.4. The van der Waals surface area contributed by atoms with Crippen LogP contribution in [0.1, 0.15) is 5.56 Å². The molecule has 0 saturated heterocycles. The van der Waals surface area contributed by atoms with Crippen molar-refractivity contribution in [3.8, 4) is 17.2 Å². The molecule has 7 heteroatoms. The van der Waals surface area contributed by atoms with Crippen molar-refractivity contribution < 1.29 is 27.8 Å². The van der Waals surface area contributed by atoms with Crippen molar-refractivity contribution in [3.05, 3.63) is 70.7 Å². The second kappa shape index (κ2) is 8.84. The molecule has 0 unspecified atom stereocenters. The second-order valence-electron chi connectivity index (χ2n) is 5.70.